The van der Waals surface area contributed by atoms with Crippen LogP contribution in [0.1, 0.15) is 26.7 Å². The number of hydrogen-bond donors (Lipinski definition) is 1. The van der Waals surface area contributed by atoms with Crippen LogP contribution >= 0.6 is 0 Å². The third-order valence-electron chi connectivity index (χ3n) is 5.11. The van der Waals surface area contributed by atoms with E-state index in [9.17, 15) is 0 Å². The molecule has 1 unspecified atom stereocenters. The fraction of sp³-hybridized carbons (Fsp3) is 1.00. The van der Waals surface area contributed by atoms with Gasteiger partial charge < -0.3 is 10.6 Å². The van der Waals surface area contributed by atoms with Crippen LogP contribution in [0.4, 0.5) is 0 Å². The van der Waals surface area contributed by atoms with Gasteiger partial charge in [-0.15, -0.1) is 0 Å². The van der Waals surface area contributed by atoms with Gasteiger partial charge in [-0.1, -0.05) is 0 Å². The lowest BCUT2D eigenvalue weighted by Gasteiger charge is -2.55. The van der Waals surface area contributed by atoms with Crippen molar-refractivity contribution >= 4 is 0 Å². The Morgan fingerprint density at radius 2 is 1.78 bits per heavy atom. The summed E-state index contributed by atoms with van der Waals surface area (Å²) in [5.41, 5.74) is 6.65. The number of nitrogens with two attached hydrogens (primary N) is 1. The Hall–Kier alpha value is -0.160. The molecule has 2 N–H and O–H groups in total. The average Bonchev–Trinajstić information content (AvgIpc) is 2.32. The Bertz CT molecular complexity index is 292. The van der Waals surface area contributed by atoms with Crippen molar-refractivity contribution in [2.75, 3.05) is 53.4 Å². The molecule has 1 atom stereocenters. The van der Waals surface area contributed by atoms with Crippen LogP contribution in [-0.4, -0.2) is 79.1 Å². The Morgan fingerprint density at radius 3 is 2.33 bits per heavy atom. The van der Waals surface area contributed by atoms with E-state index in [0.29, 0.717) is 0 Å². The highest BCUT2D eigenvalue weighted by Crippen LogP contribution is 2.31. The van der Waals surface area contributed by atoms with Crippen LogP contribution in [0.15, 0.2) is 0 Å². The van der Waals surface area contributed by atoms with Crippen LogP contribution in [0.25, 0.3) is 0 Å². The number of nitrogens with zero attached hydrogens (tertiary/aromatic N) is 3. The molecule has 2 heterocycles. The minimum absolute atomic E-state index is 0.214. The van der Waals surface area contributed by atoms with Crippen molar-refractivity contribution in [3.05, 3.63) is 0 Å². The van der Waals surface area contributed by atoms with Crippen LogP contribution in [0.5, 0.6) is 0 Å². The maximum absolute atomic E-state index is 6.17. The van der Waals surface area contributed by atoms with Gasteiger partial charge in [-0.3, -0.25) is 9.80 Å². The van der Waals surface area contributed by atoms with Crippen molar-refractivity contribution in [3.63, 3.8) is 0 Å². The van der Waals surface area contributed by atoms with E-state index in [2.05, 4.69) is 42.6 Å². The van der Waals surface area contributed by atoms with Crippen molar-refractivity contribution in [2.24, 2.45) is 5.73 Å². The van der Waals surface area contributed by atoms with Gasteiger partial charge >= 0.3 is 0 Å². The van der Waals surface area contributed by atoms with E-state index in [1.807, 2.05) is 0 Å². The molecule has 4 nitrogen and oxygen atoms in total. The predicted molar refractivity (Wildman–Crippen MR) is 76.8 cm³/mol. The second-order valence-corrected chi connectivity index (χ2v) is 6.93. The fourth-order valence-corrected chi connectivity index (χ4v) is 3.54. The number of hydrogen-bond acceptors (Lipinski definition) is 4. The summed E-state index contributed by atoms with van der Waals surface area (Å²) in [5.74, 6) is 0. The highest BCUT2D eigenvalue weighted by atomic mass is 15.3. The molecule has 106 valence electrons. The highest BCUT2D eigenvalue weighted by molar-refractivity contribution is 5.02. The second kappa shape index (κ2) is 5.08. The fourth-order valence-electron chi connectivity index (χ4n) is 3.54. The summed E-state index contributed by atoms with van der Waals surface area (Å²) in [5, 5.41) is 0. The molecular formula is C14H30N4. The number of likely N-dealkylation sites (N-methyl/N-ethyl adjacent to an activating group) is 2. The van der Waals surface area contributed by atoms with Gasteiger partial charge in [0.25, 0.3) is 0 Å². The SMILES string of the molecule is CN1CCCC(CN)(N2CCN(C)C(C)(C)C2)C1. The van der Waals surface area contributed by atoms with Gasteiger partial charge in [-0.05, 0) is 47.3 Å². The summed E-state index contributed by atoms with van der Waals surface area (Å²) in [4.78, 5) is 7.59. The van der Waals surface area contributed by atoms with E-state index in [1.54, 1.807) is 0 Å². The van der Waals surface area contributed by atoms with Gasteiger partial charge in [0, 0.05) is 43.8 Å². The van der Waals surface area contributed by atoms with E-state index in [0.717, 1.165) is 32.7 Å². The van der Waals surface area contributed by atoms with Crippen molar-refractivity contribution < 1.29 is 0 Å². The topological polar surface area (TPSA) is 35.7 Å². The molecule has 0 aromatic heterocycles. The maximum Gasteiger partial charge on any atom is 0.0460 e. The van der Waals surface area contributed by atoms with Gasteiger partial charge in [-0.2, -0.15) is 0 Å². The molecule has 0 aromatic carbocycles. The van der Waals surface area contributed by atoms with E-state index in [-0.39, 0.29) is 11.1 Å². The number of piperazine rings is 1. The molecule has 18 heavy (non-hydrogen) atoms. The number of piperidine rings is 1. The monoisotopic (exact) mass is 254 g/mol. The molecule has 4 heteroatoms. The zero-order valence-electron chi connectivity index (χ0n) is 12.6. The summed E-state index contributed by atoms with van der Waals surface area (Å²) >= 11 is 0. The molecule has 0 aromatic rings. The normalized spacial score (nSPS) is 35.8. The Balaban J connectivity index is 2.13. The quantitative estimate of drug-likeness (QED) is 0.775. The first kappa shape index (κ1) is 14.3. The maximum atomic E-state index is 6.17. The summed E-state index contributed by atoms with van der Waals surface area (Å²) < 4.78 is 0. The summed E-state index contributed by atoms with van der Waals surface area (Å²) in [6.45, 7) is 11.3. The lowest BCUT2D eigenvalue weighted by molar-refractivity contribution is -0.0477. The molecular weight excluding hydrogens is 224 g/mol. The van der Waals surface area contributed by atoms with Crippen LogP contribution < -0.4 is 5.73 Å². The minimum Gasteiger partial charge on any atom is -0.329 e. The Labute approximate surface area is 112 Å². The molecule has 0 radical (unpaired) electrons. The third kappa shape index (κ3) is 2.57. The molecule has 0 amide bonds. The predicted octanol–water partition coefficient (Wildman–Crippen LogP) is 0.436. The molecule has 0 saturated carbocycles. The Morgan fingerprint density at radius 1 is 1.06 bits per heavy atom. The molecule has 2 fully saturated rings. The van der Waals surface area contributed by atoms with Gasteiger partial charge in [0.15, 0.2) is 0 Å². The standard InChI is InChI=1S/C14H30N4/c1-13(2)11-18(9-8-17(13)4)14(10-15)6-5-7-16(3)12-14/h5-12,15H2,1-4H3. The first-order valence-corrected chi connectivity index (χ1v) is 7.25. The van der Waals surface area contributed by atoms with E-state index < -0.39 is 0 Å². The van der Waals surface area contributed by atoms with Crippen molar-refractivity contribution in [1.29, 1.82) is 0 Å². The zero-order chi connectivity index (χ0) is 13.4. The van der Waals surface area contributed by atoms with Gasteiger partial charge in [0.1, 0.15) is 0 Å². The van der Waals surface area contributed by atoms with Gasteiger partial charge in [0.2, 0.25) is 0 Å². The van der Waals surface area contributed by atoms with Crippen LogP contribution in [0.2, 0.25) is 0 Å². The van der Waals surface area contributed by atoms with Crippen molar-refractivity contribution in [3.8, 4) is 0 Å². The van der Waals surface area contributed by atoms with Crippen molar-refractivity contribution in [1.82, 2.24) is 14.7 Å². The Kier molecular flexibility index (Phi) is 4.02. The number of likely N-dealkylation sites (tertiary alicyclic amines) is 1. The number of rotatable bonds is 2. The zero-order valence-corrected chi connectivity index (χ0v) is 12.6. The molecule has 0 aliphatic carbocycles. The molecule has 0 bridgehead atoms. The first-order chi connectivity index (χ1) is 8.39. The molecule has 0 spiro atoms. The lowest BCUT2D eigenvalue weighted by Crippen LogP contribution is -2.69. The van der Waals surface area contributed by atoms with E-state index >= 15 is 0 Å². The lowest BCUT2D eigenvalue weighted by atomic mass is 9.84. The minimum atomic E-state index is 0.214. The summed E-state index contributed by atoms with van der Waals surface area (Å²) in [6, 6.07) is 0. The smallest absolute Gasteiger partial charge is 0.0460 e. The third-order valence-corrected chi connectivity index (χ3v) is 5.11. The molecule has 2 aliphatic heterocycles. The largest absolute Gasteiger partial charge is 0.329 e. The van der Waals surface area contributed by atoms with Crippen LogP contribution in [0, 0.1) is 0 Å². The van der Waals surface area contributed by atoms with Gasteiger partial charge in [-0.25, -0.2) is 0 Å². The van der Waals surface area contributed by atoms with Crippen LogP contribution in [0.3, 0.4) is 0 Å². The van der Waals surface area contributed by atoms with Gasteiger partial charge in [0.05, 0.1) is 0 Å². The van der Waals surface area contributed by atoms with E-state index in [4.69, 9.17) is 5.73 Å². The van der Waals surface area contributed by atoms with E-state index in [1.165, 1.54) is 19.4 Å². The summed E-state index contributed by atoms with van der Waals surface area (Å²) in [6.07, 6.45) is 2.54. The molecule has 2 saturated heterocycles. The second-order valence-electron chi connectivity index (χ2n) is 6.93. The van der Waals surface area contributed by atoms with Crippen molar-refractivity contribution in [2.45, 2.75) is 37.8 Å². The molecule has 2 rings (SSSR count). The average molecular weight is 254 g/mol. The first-order valence-electron chi connectivity index (χ1n) is 7.25. The highest BCUT2D eigenvalue weighted by Gasteiger charge is 2.43. The van der Waals surface area contributed by atoms with Crippen LogP contribution in [-0.2, 0) is 0 Å². The summed E-state index contributed by atoms with van der Waals surface area (Å²) in [7, 11) is 4.46. The molecule has 2 aliphatic rings.